The van der Waals surface area contributed by atoms with Crippen LogP contribution >= 0.6 is 0 Å². The number of ether oxygens (including phenoxy) is 4. The molecule has 2 fully saturated rings. The van der Waals surface area contributed by atoms with Gasteiger partial charge in [0, 0.05) is 16.8 Å². The summed E-state index contributed by atoms with van der Waals surface area (Å²) in [6, 6.07) is 16.4. The molecule has 3 heterocycles. The molecule has 6 nitrogen and oxygen atoms in total. The van der Waals surface area contributed by atoms with E-state index in [2.05, 4.69) is 42.8 Å². The van der Waals surface area contributed by atoms with Gasteiger partial charge in [0.25, 0.3) is 0 Å². The van der Waals surface area contributed by atoms with Gasteiger partial charge in [-0.2, -0.15) is 5.10 Å². The van der Waals surface area contributed by atoms with Gasteiger partial charge in [-0.05, 0) is 61.4 Å². The van der Waals surface area contributed by atoms with Gasteiger partial charge < -0.3 is 18.9 Å². The summed E-state index contributed by atoms with van der Waals surface area (Å²) in [7, 11) is 0. The lowest BCUT2D eigenvalue weighted by molar-refractivity contribution is 0.263. The van der Waals surface area contributed by atoms with E-state index in [1.807, 2.05) is 24.3 Å². The standard InChI is InChI=1S/C26H30N2O4/c1-3-5-25-24(4-2)26(18-6-10-20(11-7-18)29-14-22-16-31-22)27-28(25)19-8-12-21(13-9-19)30-15-23-17-32-23/h6-13,22-23H,3-5,14-17H2,1-2H3. The first-order valence-electron chi connectivity index (χ1n) is 11.6. The molecule has 6 heteroatoms. The average molecular weight is 435 g/mol. The van der Waals surface area contributed by atoms with Gasteiger partial charge >= 0.3 is 0 Å². The lowest BCUT2D eigenvalue weighted by Crippen LogP contribution is -2.05. The van der Waals surface area contributed by atoms with Crippen LogP contribution < -0.4 is 9.47 Å². The van der Waals surface area contributed by atoms with Gasteiger partial charge in [-0.25, -0.2) is 4.68 Å². The number of nitrogens with zero attached hydrogens (tertiary/aromatic N) is 2. The van der Waals surface area contributed by atoms with Crippen molar-refractivity contribution in [3.63, 3.8) is 0 Å². The molecule has 168 valence electrons. The van der Waals surface area contributed by atoms with Crippen LogP contribution in [0.3, 0.4) is 0 Å². The minimum absolute atomic E-state index is 0.255. The highest BCUT2D eigenvalue weighted by Crippen LogP contribution is 2.31. The monoisotopic (exact) mass is 434 g/mol. The highest BCUT2D eigenvalue weighted by Gasteiger charge is 2.24. The van der Waals surface area contributed by atoms with E-state index >= 15 is 0 Å². The largest absolute Gasteiger partial charge is 0.491 e. The van der Waals surface area contributed by atoms with Crippen LogP contribution in [0.4, 0.5) is 0 Å². The van der Waals surface area contributed by atoms with Crippen molar-refractivity contribution in [2.75, 3.05) is 26.4 Å². The van der Waals surface area contributed by atoms with E-state index < -0.39 is 0 Å². The van der Waals surface area contributed by atoms with Gasteiger partial charge in [0.05, 0.1) is 24.6 Å². The van der Waals surface area contributed by atoms with Crippen molar-refractivity contribution in [3.05, 3.63) is 59.8 Å². The zero-order valence-corrected chi connectivity index (χ0v) is 18.8. The predicted octanol–water partition coefficient (Wildman–Crippen LogP) is 4.61. The smallest absolute Gasteiger partial charge is 0.119 e. The summed E-state index contributed by atoms with van der Waals surface area (Å²) in [5.41, 5.74) is 5.78. The van der Waals surface area contributed by atoms with E-state index in [9.17, 15) is 0 Å². The normalized spacial score (nSPS) is 19.1. The Morgan fingerprint density at radius 3 is 1.94 bits per heavy atom. The average Bonchev–Trinajstić information content (AvgIpc) is 3.76. The maximum Gasteiger partial charge on any atom is 0.119 e. The van der Waals surface area contributed by atoms with E-state index in [1.165, 1.54) is 11.3 Å². The second kappa shape index (κ2) is 9.35. The summed E-state index contributed by atoms with van der Waals surface area (Å²) in [6.07, 6.45) is 3.50. The first-order valence-corrected chi connectivity index (χ1v) is 11.6. The molecule has 1 aromatic heterocycles. The molecule has 32 heavy (non-hydrogen) atoms. The zero-order chi connectivity index (χ0) is 21.9. The Morgan fingerprint density at radius 1 is 0.875 bits per heavy atom. The van der Waals surface area contributed by atoms with Crippen molar-refractivity contribution >= 4 is 0 Å². The van der Waals surface area contributed by atoms with Crippen molar-refractivity contribution in [1.29, 1.82) is 0 Å². The van der Waals surface area contributed by atoms with Crippen LogP contribution in [0.25, 0.3) is 16.9 Å². The molecule has 2 atom stereocenters. The van der Waals surface area contributed by atoms with E-state index in [1.54, 1.807) is 0 Å². The molecule has 3 aromatic rings. The highest BCUT2D eigenvalue weighted by atomic mass is 16.6. The molecular formula is C26H30N2O4. The summed E-state index contributed by atoms with van der Waals surface area (Å²) < 4.78 is 24.1. The van der Waals surface area contributed by atoms with E-state index in [-0.39, 0.29) is 12.2 Å². The van der Waals surface area contributed by atoms with Gasteiger partial charge in [0.2, 0.25) is 0 Å². The first-order chi connectivity index (χ1) is 15.7. The summed E-state index contributed by atoms with van der Waals surface area (Å²) in [6.45, 7) is 7.24. The minimum Gasteiger partial charge on any atom is -0.491 e. The van der Waals surface area contributed by atoms with Crippen molar-refractivity contribution in [2.45, 2.75) is 45.3 Å². The fourth-order valence-corrected chi connectivity index (χ4v) is 3.90. The van der Waals surface area contributed by atoms with E-state index in [0.717, 1.165) is 60.9 Å². The molecule has 0 radical (unpaired) electrons. The lowest BCUT2D eigenvalue weighted by Gasteiger charge is -2.10. The lowest BCUT2D eigenvalue weighted by atomic mass is 10.0. The van der Waals surface area contributed by atoms with Gasteiger partial charge in [-0.3, -0.25) is 0 Å². The third-order valence-corrected chi connectivity index (χ3v) is 5.82. The van der Waals surface area contributed by atoms with Crippen LogP contribution in [0.5, 0.6) is 11.5 Å². The molecular weight excluding hydrogens is 404 g/mol. The number of rotatable bonds is 11. The molecule has 0 amide bonds. The second-order valence-corrected chi connectivity index (χ2v) is 8.34. The van der Waals surface area contributed by atoms with Gasteiger partial charge in [0.1, 0.15) is 36.9 Å². The first kappa shape index (κ1) is 21.0. The topological polar surface area (TPSA) is 61.3 Å². The molecule has 0 saturated carbocycles. The number of hydrogen-bond acceptors (Lipinski definition) is 5. The van der Waals surface area contributed by atoms with Gasteiger partial charge in [-0.15, -0.1) is 0 Å². The fourth-order valence-electron chi connectivity index (χ4n) is 3.90. The van der Waals surface area contributed by atoms with Crippen molar-refractivity contribution in [1.82, 2.24) is 9.78 Å². The Kier molecular flexibility index (Phi) is 6.14. The summed E-state index contributed by atoms with van der Waals surface area (Å²) in [4.78, 5) is 0. The maximum atomic E-state index is 5.79. The SMILES string of the molecule is CCCc1c(CC)c(-c2ccc(OCC3CO3)cc2)nn1-c1ccc(OCC2CO2)cc1. The summed E-state index contributed by atoms with van der Waals surface area (Å²) >= 11 is 0. The van der Waals surface area contributed by atoms with Gasteiger partial charge in [0.15, 0.2) is 0 Å². The molecule has 0 N–H and O–H groups in total. The number of benzene rings is 2. The van der Waals surface area contributed by atoms with Crippen LogP contribution in [-0.2, 0) is 22.3 Å². The predicted molar refractivity (Wildman–Crippen MR) is 123 cm³/mol. The Bertz CT molecular complexity index is 1030. The quantitative estimate of drug-likeness (QED) is 0.413. The van der Waals surface area contributed by atoms with E-state index in [0.29, 0.717) is 13.2 Å². The molecule has 5 rings (SSSR count). The molecule has 2 unspecified atom stereocenters. The van der Waals surface area contributed by atoms with Crippen LogP contribution in [0.1, 0.15) is 31.5 Å². The van der Waals surface area contributed by atoms with Crippen LogP contribution in [0.2, 0.25) is 0 Å². The van der Waals surface area contributed by atoms with Crippen molar-refractivity contribution in [3.8, 4) is 28.4 Å². The fraction of sp³-hybridized carbons (Fsp3) is 0.423. The second-order valence-electron chi connectivity index (χ2n) is 8.34. The minimum atomic E-state index is 0.255. The van der Waals surface area contributed by atoms with Crippen molar-refractivity contribution in [2.24, 2.45) is 0 Å². The van der Waals surface area contributed by atoms with E-state index in [4.69, 9.17) is 24.0 Å². The molecule has 2 aliphatic heterocycles. The Balaban J connectivity index is 1.41. The molecule has 0 aliphatic carbocycles. The molecule has 2 aromatic carbocycles. The molecule has 0 spiro atoms. The summed E-state index contributed by atoms with van der Waals surface area (Å²) in [5.74, 6) is 1.72. The summed E-state index contributed by atoms with van der Waals surface area (Å²) in [5, 5.41) is 5.06. The molecule has 2 aliphatic rings. The molecule has 0 bridgehead atoms. The van der Waals surface area contributed by atoms with Crippen LogP contribution in [-0.4, -0.2) is 48.4 Å². The number of epoxide rings is 2. The van der Waals surface area contributed by atoms with Gasteiger partial charge in [-0.1, -0.05) is 20.3 Å². The zero-order valence-electron chi connectivity index (χ0n) is 18.8. The number of aromatic nitrogens is 2. The Morgan fingerprint density at radius 2 is 1.44 bits per heavy atom. The Labute approximate surface area is 189 Å². The maximum absolute atomic E-state index is 5.79. The Hall–Kier alpha value is -2.83. The third-order valence-electron chi connectivity index (χ3n) is 5.82. The number of hydrogen-bond donors (Lipinski definition) is 0. The third kappa shape index (κ3) is 4.81. The van der Waals surface area contributed by atoms with Crippen LogP contribution in [0, 0.1) is 0 Å². The highest BCUT2D eigenvalue weighted by molar-refractivity contribution is 5.66. The molecule has 2 saturated heterocycles. The van der Waals surface area contributed by atoms with Crippen LogP contribution in [0.15, 0.2) is 48.5 Å². The van der Waals surface area contributed by atoms with Crippen molar-refractivity contribution < 1.29 is 18.9 Å².